The number of fused-ring (bicyclic) bond motifs is 2. The van der Waals surface area contributed by atoms with Crippen molar-refractivity contribution in [2.75, 3.05) is 70.5 Å². The highest BCUT2D eigenvalue weighted by molar-refractivity contribution is 8.02. The van der Waals surface area contributed by atoms with Crippen molar-refractivity contribution in [1.82, 2.24) is 14.7 Å². The van der Waals surface area contributed by atoms with E-state index >= 15 is 0 Å². The second-order valence-corrected chi connectivity index (χ2v) is 13.9. The molecule has 1 spiro atoms. The molecule has 6 rings (SSSR count). The predicted octanol–water partition coefficient (Wildman–Crippen LogP) is 2.17. The summed E-state index contributed by atoms with van der Waals surface area (Å²) >= 11 is 1.63. The number of carbonyl (C=O) groups excluding carboxylic acids is 3. The molecular weight excluding hydrogens is 552 g/mol. The molecule has 3 fully saturated rings. The summed E-state index contributed by atoms with van der Waals surface area (Å²) in [6, 6.07) is 8.96. The van der Waals surface area contributed by atoms with Crippen LogP contribution >= 0.6 is 11.8 Å². The number of aliphatic hydroxyl groups is 1. The molecule has 1 aromatic rings. The first-order chi connectivity index (χ1) is 20.4. The largest absolute Gasteiger partial charge is 0.396 e. The Labute approximate surface area is 252 Å². The number of unbranched alkanes of at least 4 members (excludes halogenated alkanes) is 2. The van der Waals surface area contributed by atoms with Crippen molar-refractivity contribution in [3.05, 3.63) is 54.6 Å². The zero-order valence-electron chi connectivity index (χ0n) is 24.4. The highest BCUT2D eigenvalue weighted by Crippen LogP contribution is 2.65. The van der Waals surface area contributed by atoms with Crippen LogP contribution in [0.25, 0.3) is 0 Å². The Kier molecular flexibility index (Phi) is 8.51. The summed E-state index contributed by atoms with van der Waals surface area (Å²) in [5.41, 5.74) is 0.812. The molecule has 42 heavy (non-hydrogen) atoms. The lowest BCUT2D eigenvalue weighted by Crippen LogP contribution is -2.54. The topological polar surface area (TPSA) is 93.6 Å². The van der Waals surface area contributed by atoms with Gasteiger partial charge in [0, 0.05) is 62.9 Å². The van der Waals surface area contributed by atoms with E-state index in [2.05, 4.69) is 30.1 Å². The van der Waals surface area contributed by atoms with Crippen LogP contribution in [-0.2, 0) is 19.1 Å². The third-order valence-electron chi connectivity index (χ3n) is 9.56. The Bertz CT molecular complexity index is 1240. The Balaban J connectivity index is 1.35. The van der Waals surface area contributed by atoms with Crippen molar-refractivity contribution in [2.24, 2.45) is 11.8 Å². The predicted molar refractivity (Wildman–Crippen MR) is 163 cm³/mol. The second kappa shape index (κ2) is 12.1. The van der Waals surface area contributed by atoms with Crippen LogP contribution in [0, 0.1) is 11.8 Å². The molecule has 9 nitrogen and oxygen atoms in total. The number of hydrogen-bond acceptors (Lipinski definition) is 7. The number of ether oxygens (including phenoxy) is 1. The molecule has 5 aliphatic rings. The fourth-order valence-corrected chi connectivity index (χ4v) is 9.66. The zero-order chi connectivity index (χ0) is 29.3. The summed E-state index contributed by atoms with van der Waals surface area (Å²) in [6.07, 6.45) is 10.4. The second-order valence-electron chi connectivity index (χ2n) is 12.1. The fourth-order valence-electron chi connectivity index (χ4n) is 7.51. The minimum atomic E-state index is -0.835. The molecule has 1 unspecified atom stereocenters. The van der Waals surface area contributed by atoms with E-state index in [1.807, 2.05) is 41.3 Å². The molecule has 0 bridgehead atoms. The van der Waals surface area contributed by atoms with Crippen LogP contribution in [0.4, 0.5) is 5.69 Å². The van der Waals surface area contributed by atoms with Crippen LogP contribution in [0.3, 0.4) is 0 Å². The summed E-state index contributed by atoms with van der Waals surface area (Å²) in [7, 11) is 0. The van der Waals surface area contributed by atoms with Gasteiger partial charge in [-0.1, -0.05) is 42.5 Å². The van der Waals surface area contributed by atoms with E-state index in [1.54, 1.807) is 21.6 Å². The van der Waals surface area contributed by atoms with Gasteiger partial charge in [-0.15, -0.1) is 11.8 Å². The van der Waals surface area contributed by atoms with Gasteiger partial charge in [0.15, 0.2) is 0 Å². The number of likely N-dealkylation sites (tertiary alicyclic amines) is 1. The van der Waals surface area contributed by atoms with Crippen molar-refractivity contribution in [2.45, 2.75) is 41.7 Å². The lowest BCUT2D eigenvalue weighted by molar-refractivity contribution is -0.143. The number of anilines is 1. The third-order valence-corrected chi connectivity index (χ3v) is 11.4. The zero-order valence-corrected chi connectivity index (χ0v) is 25.2. The number of para-hydroxylation sites is 1. The van der Waals surface area contributed by atoms with Gasteiger partial charge in [0.2, 0.25) is 17.7 Å². The molecule has 226 valence electrons. The summed E-state index contributed by atoms with van der Waals surface area (Å²) < 4.78 is 4.03. The minimum Gasteiger partial charge on any atom is -0.396 e. The van der Waals surface area contributed by atoms with Crippen molar-refractivity contribution in [1.29, 1.82) is 0 Å². The molecule has 5 atom stereocenters. The first-order valence-electron chi connectivity index (χ1n) is 15.3. The first-order valence-corrected chi connectivity index (χ1v) is 16.1. The van der Waals surface area contributed by atoms with Crippen molar-refractivity contribution < 1.29 is 24.2 Å². The number of morpholine rings is 1. The quantitative estimate of drug-likeness (QED) is 0.346. The first kappa shape index (κ1) is 29.4. The maximum Gasteiger partial charge on any atom is 0.247 e. The van der Waals surface area contributed by atoms with E-state index < -0.39 is 27.4 Å². The third kappa shape index (κ3) is 5.10. The number of nitrogens with zero attached hydrogens (tertiary/aromatic N) is 4. The van der Waals surface area contributed by atoms with Crippen LogP contribution in [0.5, 0.6) is 0 Å². The maximum absolute atomic E-state index is 14.5. The molecule has 0 radical (unpaired) electrons. The van der Waals surface area contributed by atoms with Gasteiger partial charge in [0.1, 0.15) is 6.04 Å². The van der Waals surface area contributed by atoms with Crippen LogP contribution in [0.2, 0.25) is 0 Å². The van der Waals surface area contributed by atoms with Crippen LogP contribution in [-0.4, -0.2) is 119 Å². The number of benzene rings is 1. The van der Waals surface area contributed by atoms with E-state index in [9.17, 15) is 19.5 Å². The molecule has 0 saturated carbocycles. The van der Waals surface area contributed by atoms with Gasteiger partial charge in [-0.25, -0.2) is 0 Å². The normalized spacial score (nSPS) is 33.0. The lowest BCUT2D eigenvalue weighted by atomic mass is 9.74. The van der Waals surface area contributed by atoms with Crippen molar-refractivity contribution >= 4 is 35.2 Å². The number of rotatable bonds is 9. The molecule has 10 heteroatoms. The Morgan fingerprint density at radius 2 is 1.64 bits per heavy atom. The highest BCUT2D eigenvalue weighted by atomic mass is 32.2. The summed E-state index contributed by atoms with van der Waals surface area (Å²) in [5, 5.41) is 9.33. The Morgan fingerprint density at radius 3 is 2.40 bits per heavy atom. The molecule has 0 aromatic heterocycles. The minimum absolute atomic E-state index is 0.0322. The average molecular weight is 595 g/mol. The molecule has 3 amide bonds. The summed E-state index contributed by atoms with van der Waals surface area (Å²) in [6.45, 7) is 8.00. The molecule has 5 heterocycles. The number of amides is 3. The van der Waals surface area contributed by atoms with E-state index in [-0.39, 0.29) is 24.3 Å². The summed E-state index contributed by atoms with van der Waals surface area (Å²) in [4.78, 5) is 51.3. The number of aliphatic hydroxyl groups excluding tert-OH is 1. The number of carbonyl (C=O) groups is 3. The van der Waals surface area contributed by atoms with E-state index in [1.165, 1.54) is 0 Å². The number of hydrogen-bond donors (Lipinski definition) is 1. The standard InChI is InChI=1S/C32H42N4O5S/c1-31-12-8-16-35(24-10-4-2-5-11-24)28(38)25(31)26-29(39)36(15-6-3-7-21-37)27-30(40)34(14-9-13-32(26,27)42-31)18-17-33-19-22-41-23-20-33/h2,4-5,8-13,25-27,37H,3,6-7,14-23H2,1H3/t25-,26-,27?,31+,32-/m0/s1. The van der Waals surface area contributed by atoms with E-state index in [0.29, 0.717) is 52.2 Å². The van der Waals surface area contributed by atoms with Gasteiger partial charge in [-0.05, 0) is 38.3 Å². The number of thioether (sulfide) groups is 1. The molecular formula is C32H42N4O5S. The lowest BCUT2D eigenvalue weighted by Gasteiger charge is -2.37. The van der Waals surface area contributed by atoms with Crippen LogP contribution < -0.4 is 4.90 Å². The molecule has 3 saturated heterocycles. The van der Waals surface area contributed by atoms with Gasteiger partial charge >= 0.3 is 0 Å². The smallest absolute Gasteiger partial charge is 0.247 e. The van der Waals surface area contributed by atoms with Gasteiger partial charge in [-0.3, -0.25) is 19.3 Å². The van der Waals surface area contributed by atoms with Gasteiger partial charge in [0.05, 0.1) is 29.8 Å². The molecule has 1 aromatic carbocycles. The van der Waals surface area contributed by atoms with Gasteiger partial charge < -0.3 is 24.5 Å². The average Bonchev–Trinajstić information content (AvgIpc) is 3.26. The Hall–Kier alpha value is -2.66. The van der Waals surface area contributed by atoms with E-state index in [0.717, 1.165) is 31.7 Å². The Morgan fingerprint density at radius 1 is 0.881 bits per heavy atom. The maximum atomic E-state index is 14.5. The molecule has 0 aliphatic carbocycles. The van der Waals surface area contributed by atoms with Crippen molar-refractivity contribution in [3.8, 4) is 0 Å². The van der Waals surface area contributed by atoms with Gasteiger partial charge in [-0.2, -0.15) is 0 Å². The fraction of sp³-hybridized carbons (Fsp3) is 0.594. The van der Waals surface area contributed by atoms with Crippen LogP contribution in [0.15, 0.2) is 54.6 Å². The van der Waals surface area contributed by atoms with E-state index in [4.69, 9.17) is 4.74 Å². The highest BCUT2D eigenvalue weighted by Gasteiger charge is 2.73. The van der Waals surface area contributed by atoms with Crippen molar-refractivity contribution in [3.63, 3.8) is 0 Å². The molecule has 5 aliphatic heterocycles. The SMILES string of the molecule is C[C@@]12C=CCN(c3ccccc3)C(=O)[C@@H]1[C@H]1C(=O)N(CCCCCO)C3C(=O)N(CCN4CCOCC4)CC=C[C@@]31S2. The summed E-state index contributed by atoms with van der Waals surface area (Å²) in [5.74, 6) is -1.44. The monoisotopic (exact) mass is 594 g/mol. The van der Waals surface area contributed by atoms with Crippen LogP contribution in [0.1, 0.15) is 26.2 Å². The van der Waals surface area contributed by atoms with Gasteiger partial charge in [0.25, 0.3) is 0 Å². The molecule has 1 N–H and O–H groups in total.